The Morgan fingerprint density at radius 1 is 1.00 bits per heavy atom. The predicted molar refractivity (Wildman–Crippen MR) is 77.3 cm³/mol. The van der Waals surface area contributed by atoms with E-state index in [9.17, 15) is 0 Å². The van der Waals surface area contributed by atoms with Gasteiger partial charge >= 0.3 is 0 Å². The van der Waals surface area contributed by atoms with Crippen LogP contribution in [0.3, 0.4) is 0 Å². The highest BCUT2D eigenvalue weighted by molar-refractivity contribution is 6.30. The molecule has 18 heavy (non-hydrogen) atoms. The summed E-state index contributed by atoms with van der Waals surface area (Å²) in [5.41, 5.74) is 1.44. The molecule has 1 aliphatic heterocycles. The zero-order valence-corrected chi connectivity index (χ0v) is 11.7. The summed E-state index contributed by atoms with van der Waals surface area (Å²) in [7, 11) is 0. The molecule has 0 amide bonds. The highest BCUT2D eigenvalue weighted by Crippen LogP contribution is 2.33. The van der Waals surface area contributed by atoms with Gasteiger partial charge in [-0.2, -0.15) is 0 Å². The second-order valence-corrected chi connectivity index (χ2v) is 6.24. The number of hydrogen-bond donors (Lipinski definition) is 0. The Morgan fingerprint density at radius 3 is 2.39 bits per heavy atom. The third-order valence-electron chi connectivity index (χ3n) is 4.69. The summed E-state index contributed by atoms with van der Waals surface area (Å²) in [6, 6.07) is 9.34. The maximum Gasteiger partial charge on any atom is 0.0408 e. The van der Waals surface area contributed by atoms with Crippen LogP contribution in [0.1, 0.15) is 50.0 Å². The lowest BCUT2D eigenvalue weighted by atomic mass is 9.89. The van der Waals surface area contributed by atoms with Crippen molar-refractivity contribution in [2.75, 3.05) is 13.1 Å². The van der Waals surface area contributed by atoms with Gasteiger partial charge in [0.25, 0.3) is 0 Å². The molecule has 0 aromatic heterocycles. The number of nitrogens with zero attached hydrogens (tertiary/aromatic N) is 1. The molecule has 1 aromatic rings. The quantitative estimate of drug-likeness (QED) is 0.761. The highest BCUT2D eigenvalue weighted by atomic mass is 35.5. The van der Waals surface area contributed by atoms with Crippen molar-refractivity contribution in [3.63, 3.8) is 0 Å². The minimum absolute atomic E-state index is 0.723. The molecule has 1 heterocycles. The van der Waals surface area contributed by atoms with Crippen LogP contribution in [0.2, 0.25) is 5.02 Å². The fraction of sp³-hybridized carbons (Fsp3) is 0.625. The maximum absolute atomic E-state index is 6.09. The van der Waals surface area contributed by atoms with Crippen molar-refractivity contribution in [3.8, 4) is 0 Å². The monoisotopic (exact) mass is 263 g/mol. The van der Waals surface area contributed by atoms with Crippen molar-refractivity contribution in [2.45, 2.75) is 50.5 Å². The van der Waals surface area contributed by atoms with E-state index in [0.717, 1.165) is 17.0 Å². The van der Waals surface area contributed by atoms with Crippen LogP contribution >= 0.6 is 11.6 Å². The van der Waals surface area contributed by atoms with E-state index >= 15 is 0 Å². The van der Waals surface area contributed by atoms with E-state index in [-0.39, 0.29) is 0 Å². The molecule has 0 N–H and O–H groups in total. The molecule has 2 aliphatic rings. The SMILES string of the molecule is Clc1cccc(C2CCN(C3CCCC3)CC2)c1. The standard InChI is InChI=1S/C16H22ClN/c17-15-5-3-4-14(12-15)13-8-10-18(11-9-13)16-6-1-2-7-16/h3-5,12-13,16H,1-2,6-11H2. The Bertz CT molecular complexity index is 390. The van der Waals surface area contributed by atoms with E-state index in [0.29, 0.717) is 0 Å². The number of likely N-dealkylation sites (tertiary alicyclic amines) is 1. The van der Waals surface area contributed by atoms with Gasteiger partial charge in [-0.05, 0) is 62.4 Å². The number of rotatable bonds is 2. The van der Waals surface area contributed by atoms with Crippen LogP contribution in [-0.2, 0) is 0 Å². The molecule has 98 valence electrons. The van der Waals surface area contributed by atoms with Gasteiger partial charge in [0.2, 0.25) is 0 Å². The molecule has 2 heteroatoms. The van der Waals surface area contributed by atoms with Gasteiger partial charge < -0.3 is 4.90 Å². The summed E-state index contributed by atoms with van der Waals surface area (Å²) in [4.78, 5) is 2.73. The van der Waals surface area contributed by atoms with Crippen LogP contribution in [-0.4, -0.2) is 24.0 Å². The Kier molecular flexibility index (Phi) is 3.91. The van der Waals surface area contributed by atoms with E-state index in [2.05, 4.69) is 23.1 Å². The van der Waals surface area contributed by atoms with Gasteiger partial charge in [0.15, 0.2) is 0 Å². The third kappa shape index (κ3) is 2.73. The Hall–Kier alpha value is -0.530. The molecule has 2 fully saturated rings. The van der Waals surface area contributed by atoms with Gasteiger partial charge in [-0.15, -0.1) is 0 Å². The summed E-state index contributed by atoms with van der Waals surface area (Å²) >= 11 is 6.09. The van der Waals surface area contributed by atoms with Gasteiger partial charge in [-0.3, -0.25) is 0 Å². The summed E-state index contributed by atoms with van der Waals surface area (Å²) in [5, 5.41) is 0.880. The van der Waals surface area contributed by atoms with E-state index in [4.69, 9.17) is 11.6 Å². The lowest BCUT2D eigenvalue weighted by Gasteiger charge is -2.36. The number of benzene rings is 1. The third-order valence-corrected chi connectivity index (χ3v) is 4.93. The maximum atomic E-state index is 6.09. The molecule has 0 unspecified atom stereocenters. The Morgan fingerprint density at radius 2 is 1.72 bits per heavy atom. The second kappa shape index (κ2) is 5.63. The molecule has 1 saturated heterocycles. The second-order valence-electron chi connectivity index (χ2n) is 5.80. The minimum Gasteiger partial charge on any atom is -0.300 e. The minimum atomic E-state index is 0.723. The summed E-state index contributed by atoms with van der Waals surface area (Å²) in [6.45, 7) is 2.56. The first-order valence-corrected chi connectivity index (χ1v) is 7.70. The zero-order valence-electron chi connectivity index (χ0n) is 10.9. The topological polar surface area (TPSA) is 3.24 Å². The molecule has 0 bridgehead atoms. The lowest BCUT2D eigenvalue weighted by Crippen LogP contribution is -2.39. The van der Waals surface area contributed by atoms with Crippen LogP contribution in [0, 0.1) is 0 Å². The molecule has 0 radical (unpaired) electrons. The van der Waals surface area contributed by atoms with Crippen molar-refractivity contribution < 1.29 is 0 Å². The number of piperidine rings is 1. The van der Waals surface area contributed by atoms with E-state index in [1.54, 1.807) is 0 Å². The van der Waals surface area contributed by atoms with Crippen LogP contribution in [0.4, 0.5) is 0 Å². The fourth-order valence-corrected chi connectivity index (χ4v) is 3.83. The number of halogens is 1. The molecular weight excluding hydrogens is 242 g/mol. The van der Waals surface area contributed by atoms with Gasteiger partial charge in [0, 0.05) is 11.1 Å². The van der Waals surface area contributed by atoms with Gasteiger partial charge in [-0.1, -0.05) is 36.6 Å². The van der Waals surface area contributed by atoms with Gasteiger partial charge in [0.1, 0.15) is 0 Å². The summed E-state index contributed by atoms with van der Waals surface area (Å²) in [5.74, 6) is 0.723. The zero-order chi connectivity index (χ0) is 12.4. The molecule has 1 saturated carbocycles. The molecule has 0 spiro atoms. The lowest BCUT2D eigenvalue weighted by molar-refractivity contribution is 0.154. The molecule has 1 aliphatic carbocycles. The highest BCUT2D eigenvalue weighted by Gasteiger charge is 2.27. The molecule has 1 nitrogen and oxygen atoms in total. The normalized spacial score (nSPS) is 23.6. The summed E-state index contributed by atoms with van der Waals surface area (Å²) < 4.78 is 0. The van der Waals surface area contributed by atoms with Crippen molar-refractivity contribution in [1.29, 1.82) is 0 Å². The van der Waals surface area contributed by atoms with Crippen molar-refractivity contribution in [2.24, 2.45) is 0 Å². The first kappa shape index (κ1) is 12.5. The number of hydrogen-bond acceptors (Lipinski definition) is 1. The molecular formula is C16H22ClN. The average molecular weight is 264 g/mol. The molecule has 3 rings (SSSR count). The largest absolute Gasteiger partial charge is 0.300 e. The van der Waals surface area contributed by atoms with Crippen LogP contribution in [0.15, 0.2) is 24.3 Å². The Labute approximate surface area is 115 Å². The van der Waals surface area contributed by atoms with Crippen LogP contribution in [0.25, 0.3) is 0 Å². The predicted octanol–water partition coefficient (Wildman–Crippen LogP) is 4.46. The van der Waals surface area contributed by atoms with Gasteiger partial charge in [0.05, 0.1) is 0 Å². The van der Waals surface area contributed by atoms with E-state index < -0.39 is 0 Å². The molecule has 0 atom stereocenters. The first-order chi connectivity index (χ1) is 8.83. The van der Waals surface area contributed by atoms with Crippen molar-refractivity contribution in [3.05, 3.63) is 34.9 Å². The van der Waals surface area contributed by atoms with E-state index in [1.165, 1.54) is 57.2 Å². The smallest absolute Gasteiger partial charge is 0.0408 e. The van der Waals surface area contributed by atoms with E-state index in [1.807, 2.05) is 6.07 Å². The summed E-state index contributed by atoms with van der Waals surface area (Å²) in [6.07, 6.45) is 8.36. The first-order valence-electron chi connectivity index (χ1n) is 7.32. The van der Waals surface area contributed by atoms with Gasteiger partial charge in [-0.25, -0.2) is 0 Å². The Balaban J connectivity index is 1.59. The molecule has 1 aromatic carbocycles. The van der Waals surface area contributed by atoms with Crippen LogP contribution in [0.5, 0.6) is 0 Å². The van der Waals surface area contributed by atoms with Crippen molar-refractivity contribution in [1.82, 2.24) is 4.90 Å². The van der Waals surface area contributed by atoms with Crippen molar-refractivity contribution >= 4 is 11.6 Å². The average Bonchev–Trinajstić information content (AvgIpc) is 2.93. The van der Waals surface area contributed by atoms with Crippen LogP contribution < -0.4 is 0 Å². The fourth-order valence-electron chi connectivity index (χ4n) is 3.63.